The second kappa shape index (κ2) is 4.60. The Morgan fingerprint density at radius 1 is 1.00 bits per heavy atom. The van der Waals surface area contributed by atoms with Gasteiger partial charge in [0.1, 0.15) is 0 Å². The van der Waals surface area contributed by atoms with Crippen LogP contribution in [0.3, 0.4) is 0 Å². The molecule has 15 heavy (non-hydrogen) atoms. The van der Waals surface area contributed by atoms with Crippen LogP contribution in [-0.2, 0) is 5.88 Å². The molecule has 0 saturated heterocycles. The SMILES string of the molecule is ClCc1cnc(-c2ccc(Cl)cc2)nc1. The molecule has 0 saturated carbocycles. The molecule has 1 aromatic heterocycles. The van der Waals surface area contributed by atoms with Gasteiger partial charge in [0.2, 0.25) is 0 Å². The van der Waals surface area contributed by atoms with E-state index in [0.29, 0.717) is 16.7 Å². The molecule has 0 aliphatic rings. The van der Waals surface area contributed by atoms with Crippen LogP contribution in [0.1, 0.15) is 5.56 Å². The van der Waals surface area contributed by atoms with Gasteiger partial charge in [-0.2, -0.15) is 0 Å². The molecule has 1 heterocycles. The van der Waals surface area contributed by atoms with E-state index in [1.165, 1.54) is 0 Å². The molecular formula is C11H8Cl2N2. The van der Waals surface area contributed by atoms with Gasteiger partial charge in [-0.15, -0.1) is 11.6 Å². The summed E-state index contributed by atoms with van der Waals surface area (Å²) in [4.78, 5) is 8.42. The maximum Gasteiger partial charge on any atom is 0.159 e. The Labute approximate surface area is 97.9 Å². The summed E-state index contributed by atoms with van der Waals surface area (Å²) in [6, 6.07) is 7.40. The van der Waals surface area contributed by atoms with E-state index >= 15 is 0 Å². The zero-order valence-corrected chi connectivity index (χ0v) is 9.33. The molecule has 2 aromatic rings. The Hall–Kier alpha value is -1.12. The van der Waals surface area contributed by atoms with Gasteiger partial charge < -0.3 is 0 Å². The number of alkyl halides is 1. The van der Waals surface area contributed by atoms with Crippen LogP contribution in [0, 0.1) is 0 Å². The van der Waals surface area contributed by atoms with Crippen LogP contribution in [0.2, 0.25) is 5.02 Å². The topological polar surface area (TPSA) is 25.8 Å². The molecule has 0 unspecified atom stereocenters. The summed E-state index contributed by atoms with van der Waals surface area (Å²) < 4.78 is 0. The van der Waals surface area contributed by atoms with Crippen LogP contribution >= 0.6 is 23.2 Å². The van der Waals surface area contributed by atoms with Gasteiger partial charge in [-0.3, -0.25) is 0 Å². The summed E-state index contributed by atoms with van der Waals surface area (Å²) in [6.45, 7) is 0. The average Bonchev–Trinajstić information content (AvgIpc) is 2.30. The van der Waals surface area contributed by atoms with Gasteiger partial charge in [-0.05, 0) is 24.3 Å². The maximum absolute atomic E-state index is 5.79. The van der Waals surface area contributed by atoms with Gasteiger partial charge in [0.15, 0.2) is 5.82 Å². The molecule has 0 fully saturated rings. The highest BCUT2D eigenvalue weighted by Gasteiger charge is 2.00. The van der Waals surface area contributed by atoms with E-state index in [2.05, 4.69) is 9.97 Å². The molecule has 2 rings (SSSR count). The Bertz CT molecular complexity index is 437. The number of hydrogen-bond acceptors (Lipinski definition) is 2. The lowest BCUT2D eigenvalue weighted by Crippen LogP contribution is -1.90. The first kappa shape index (κ1) is 10.4. The molecule has 76 valence electrons. The van der Waals surface area contributed by atoms with Crippen molar-refractivity contribution in [2.75, 3.05) is 0 Å². The van der Waals surface area contributed by atoms with Crippen LogP contribution in [0.25, 0.3) is 11.4 Å². The van der Waals surface area contributed by atoms with Crippen molar-refractivity contribution in [2.24, 2.45) is 0 Å². The van der Waals surface area contributed by atoms with Crippen molar-refractivity contribution >= 4 is 23.2 Å². The largest absolute Gasteiger partial charge is 0.236 e. The maximum atomic E-state index is 5.79. The number of hydrogen-bond donors (Lipinski definition) is 0. The zero-order valence-electron chi connectivity index (χ0n) is 7.82. The minimum Gasteiger partial charge on any atom is -0.236 e. The lowest BCUT2D eigenvalue weighted by atomic mass is 10.2. The highest BCUT2D eigenvalue weighted by molar-refractivity contribution is 6.30. The number of nitrogens with zero attached hydrogens (tertiary/aromatic N) is 2. The number of halogens is 2. The van der Waals surface area contributed by atoms with Crippen LogP contribution in [0.4, 0.5) is 0 Å². The fraction of sp³-hybridized carbons (Fsp3) is 0.0909. The molecule has 2 nitrogen and oxygen atoms in total. The molecule has 0 spiro atoms. The quantitative estimate of drug-likeness (QED) is 0.749. The molecule has 0 amide bonds. The van der Waals surface area contributed by atoms with Crippen molar-refractivity contribution < 1.29 is 0 Å². The highest BCUT2D eigenvalue weighted by Crippen LogP contribution is 2.17. The summed E-state index contributed by atoms with van der Waals surface area (Å²) in [7, 11) is 0. The van der Waals surface area contributed by atoms with Crippen molar-refractivity contribution in [1.29, 1.82) is 0 Å². The Kier molecular flexibility index (Phi) is 3.19. The summed E-state index contributed by atoms with van der Waals surface area (Å²) in [5, 5.41) is 0.705. The summed E-state index contributed by atoms with van der Waals surface area (Å²) >= 11 is 11.4. The van der Waals surface area contributed by atoms with Gasteiger partial charge in [-0.25, -0.2) is 9.97 Å². The molecule has 0 atom stereocenters. The lowest BCUT2D eigenvalue weighted by molar-refractivity contribution is 1.13. The molecule has 0 N–H and O–H groups in total. The van der Waals surface area contributed by atoms with Crippen molar-refractivity contribution in [3.8, 4) is 11.4 Å². The lowest BCUT2D eigenvalue weighted by Gasteiger charge is -2.00. The second-order valence-electron chi connectivity index (χ2n) is 3.06. The third-order valence-corrected chi connectivity index (χ3v) is 2.52. The van der Waals surface area contributed by atoms with Gasteiger partial charge in [0.25, 0.3) is 0 Å². The highest BCUT2D eigenvalue weighted by atomic mass is 35.5. The van der Waals surface area contributed by atoms with Crippen molar-refractivity contribution in [2.45, 2.75) is 5.88 Å². The van der Waals surface area contributed by atoms with Crippen molar-refractivity contribution in [1.82, 2.24) is 9.97 Å². The number of benzene rings is 1. The van der Waals surface area contributed by atoms with Gasteiger partial charge >= 0.3 is 0 Å². The van der Waals surface area contributed by atoms with E-state index in [9.17, 15) is 0 Å². The molecule has 0 radical (unpaired) electrons. The van der Waals surface area contributed by atoms with E-state index in [1.807, 2.05) is 24.3 Å². The molecule has 0 aliphatic carbocycles. The number of aromatic nitrogens is 2. The molecule has 4 heteroatoms. The monoisotopic (exact) mass is 238 g/mol. The summed E-state index contributed by atoms with van der Waals surface area (Å²) in [5.41, 5.74) is 1.86. The second-order valence-corrected chi connectivity index (χ2v) is 3.76. The zero-order chi connectivity index (χ0) is 10.7. The molecule has 1 aromatic carbocycles. The minimum absolute atomic E-state index is 0.431. The smallest absolute Gasteiger partial charge is 0.159 e. The van der Waals surface area contributed by atoms with Crippen LogP contribution in [-0.4, -0.2) is 9.97 Å². The summed E-state index contributed by atoms with van der Waals surface area (Å²) in [5.74, 6) is 1.11. The van der Waals surface area contributed by atoms with Gasteiger partial charge in [0, 0.05) is 28.5 Å². The third-order valence-electron chi connectivity index (χ3n) is 1.96. The molecule has 0 aliphatic heterocycles. The Balaban J connectivity index is 2.33. The van der Waals surface area contributed by atoms with Crippen LogP contribution in [0.5, 0.6) is 0 Å². The van der Waals surface area contributed by atoms with Crippen molar-refractivity contribution in [3.05, 3.63) is 47.2 Å². The molecular weight excluding hydrogens is 231 g/mol. The predicted molar refractivity (Wildman–Crippen MR) is 62.0 cm³/mol. The van der Waals surface area contributed by atoms with Crippen LogP contribution < -0.4 is 0 Å². The van der Waals surface area contributed by atoms with Crippen molar-refractivity contribution in [3.63, 3.8) is 0 Å². The fourth-order valence-electron chi connectivity index (χ4n) is 1.17. The standard InChI is InChI=1S/C11H8Cl2N2/c12-5-8-6-14-11(15-7-8)9-1-3-10(13)4-2-9/h1-4,6-7H,5H2. The normalized spacial score (nSPS) is 10.3. The average molecular weight is 239 g/mol. The number of rotatable bonds is 2. The van der Waals surface area contributed by atoms with Gasteiger partial charge in [0.05, 0.1) is 5.88 Å². The fourth-order valence-corrected chi connectivity index (χ4v) is 1.44. The van der Waals surface area contributed by atoms with E-state index in [0.717, 1.165) is 11.1 Å². The van der Waals surface area contributed by atoms with Crippen LogP contribution in [0.15, 0.2) is 36.7 Å². The first-order valence-electron chi connectivity index (χ1n) is 4.42. The van der Waals surface area contributed by atoms with E-state index in [4.69, 9.17) is 23.2 Å². The van der Waals surface area contributed by atoms with E-state index in [1.54, 1.807) is 12.4 Å². The Morgan fingerprint density at radius 2 is 1.60 bits per heavy atom. The predicted octanol–water partition coefficient (Wildman–Crippen LogP) is 3.54. The first-order chi connectivity index (χ1) is 7.29. The minimum atomic E-state index is 0.431. The first-order valence-corrected chi connectivity index (χ1v) is 5.33. The van der Waals surface area contributed by atoms with E-state index in [-0.39, 0.29) is 0 Å². The Morgan fingerprint density at radius 3 is 2.13 bits per heavy atom. The van der Waals surface area contributed by atoms with Gasteiger partial charge in [-0.1, -0.05) is 11.6 Å². The summed E-state index contributed by atoms with van der Waals surface area (Å²) in [6.07, 6.45) is 3.45. The van der Waals surface area contributed by atoms with E-state index < -0.39 is 0 Å². The third kappa shape index (κ3) is 2.46. The molecule has 0 bridgehead atoms.